The lowest BCUT2D eigenvalue weighted by molar-refractivity contribution is -0.253. The van der Waals surface area contributed by atoms with Gasteiger partial charge in [-0.3, -0.25) is 9.69 Å². The summed E-state index contributed by atoms with van der Waals surface area (Å²) in [7, 11) is 0. The van der Waals surface area contributed by atoms with E-state index in [1.54, 1.807) is 30.3 Å². The molecule has 14 heteroatoms. The predicted molar refractivity (Wildman–Crippen MR) is 159 cm³/mol. The van der Waals surface area contributed by atoms with Crippen LogP contribution in [-0.2, 0) is 24.7 Å². The molecular formula is C35H28F10N2O2. The minimum absolute atomic E-state index is 0.0376. The van der Waals surface area contributed by atoms with E-state index in [0.29, 0.717) is 30.8 Å². The van der Waals surface area contributed by atoms with Gasteiger partial charge in [0.2, 0.25) is 0 Å². The number of amides is 1. The third kappa shape index (κ3) is 8.18. The van der Waals surface area contributed by atoms with Crippen molar-refractivity contribution < 1.29 is 53.4 Å². The first-order chi connectivity index (χ1) is 23.1. The SMILES string of the molecule is O=C(NC(Cc1ccccc1)(c1cc(F)cc(OC(F)(F)C(F)F)c1)c1ccc(F)c(CN2CCCC2)c1)c1ccc(F)c(C(F)(F)F)c1. The van der Waals surface area contributed by atoms with Crippen molar-refractivity contribution >= 4 is 5.91 Å². The van der Waals surface area contributed by atoms with Crippen LogP contribution >= 0.6 is 0 Å². The number of ether oxygens (including phenoxy) is 1. The van der Waals surface area contributed by atoms with E-state index in [9.17, 15) is 39.9 Å². The van der Waals surface area contributed by atoms with Gasteiger partial charge < -0.3 is 10.1 Å². The summed E-state index contributed by atoms with van der Waals surface area (Å²) in [5.41, 5.74) is -4.30. The van der Waals surface area contributed by atoms with Gasteiger partial charge in [0.1, 0.15) is 23.2 Å². The maximum atomic E-state index is 15.3. The number of carbonyl (C=O) groups is 1. The Morgan fingerprint density at radius 3 is 2.12 bits per heavy atom. The first kappa shape index (κ1) is 35.7. The van der Waals surface area contributed by atoms with Crippen LogP contribution in [0.3, 0.4) is 0 Å². The van der Waals surface area contributed by atoms with Crippen LogP contribution in [0.1, 0.15) is 51.0 Å². The lowest BCUT2D eigenvalue weighted by atomic mass is 9.77. The first-order valence-corrected chi connectivity index (χ1v) is 15.0. The zero-order valence-corrected chi connectivity index (χ0v) is 25.4. The molecule has 0 bridgehead atoms. The van der Waals surface area contributed by atoms with Gasteiger partial charge in [-0.1, -0.05) is 36.4 Å². The highest BCUT2D eigenvalue weighted by Gasteiger charge is 2.45. The predicted octanol–water partition coefficient (Wildman–Crippen LogP) is 8.87. The fourth-order valence-corrected chi connectivity index (χ4v) is 5.82. The lowest BCUT2D eigenvalue weighted by Crippen LogP contribution is -2.49. The Bertz CT molecular complexity index is 1790. The fourth-order valence-electron chi connectivity index (χ4n) is 5.82. The van der Waals surface area contributed by atoms with E-state index in [1.807, 2.05) is 4.90 Å². The van der Waals surface area contributed by atoms with E-state index >= 15 is 8.78 Å². The minimum Gasteiger partial charge on any atom is -0.428 e. The molecule has 1 heterocycles. The van der Waals surface area contributed by atoms with Crippen molar-refractivity contribution in [3.8, 4) is 5.75 Å². The molecule has 4 aromatic carbocycles. The molecule has 1 N–H and O–H groups in total. The Morgan fingerprint density at radius 1 is 0.796 bits per heavy atom. The molecular weight excluding hydrogens is 670 g/mol. The Hall–Kier alpha value is -4.59. The molecule has 1 saturated heterocycles. The molecule has 260 valence electrons. The second kappa shape index (κ2) is 14.1. The van der Waals surface area contributed by atoms with Crippen LogP contribution in [-0.4, -0.2) is 36.4 Å². The average molecular weight is 699 g/mol. The number of benzene rings is 4. The largest absolute Gasteiger partial charge is 0.461 e. The van der Waals surface area contributed by atoms with Crippen molar-refractivity contribution in [1.29, 1.82) is 0 Å². The summed E-state index contributed by atoms with van der Waals surface area (Å²) in [5, 5.41) is 2.58. The van der Waals surface area contributed by atoms with Crippen LogP contribution in [0.4, 0.5) is 43.9 Å². The number of rotatable bonds is 11. The van der Waals surface area contributed by atoms with Gasteiger partial charge >= 0.3 is 18.7 Å². The lowest BCUT2D eigenvalue weighted by Gasteiger charge is -2.37. The second-order valence-electron chi connectivity index (χ2n) is 11.6. The zero-order valence-electron chi connectivity index (χ0n) is 25.4. The van der Waals surface area contributed by atoms with Crippen molar-refractivity contribution in [2.75, 3.05) is 13.1 Å². The molecule has 49 heavy (non-hydrogen) atoms. The van der Waals surface area contributed by atoms with Gasteiger partial charge in [-0.2, -0.15) is 30.7 Å². The highest BCUT2D eigenvalue weighted by molar-refractivity contribution is 5.95. The quantitative estimate of drug-likeness (QED) is 0.159. The highest BCUT2D eigenvalue weighted by atomic mass is 19.4. The zero-order chi connectivity index (χ0) is 35.6. The molecule has 0 spiro atoms. The summed E-state index contributed by atoms with van der Waals surface area (Å²) >= 11 is 0. The van der Waals surface area contributed by atoms with Gasteiger partial charge in [0, 0.05) is 30.2 Å². The van der Waals surface area contributed by atoms with Gasteiger partial charge in [0.25, 0.3) is 5.91 Å². The summed E-state index contributed by atoms with van der Waals surface area (Å²) in [6.45, 7) is 1.43. The van der Waals surface area contributed by atoms with Crippen molar-refractivity contribution in [2.45, 2.75) is 50.1 Å². The van der Waals surface area contributed by atoms with E-state index < -0.39 is 64.5 Å². The molecule has 0 aliphatic carbocycles. The van der Waals surface area contributed by atoms with Gasteiger partial charge in [-0.15, -0.1) is 0 Å². The topological polar surface area (TPSA) is 41.6 Å². The number of hydrogen-bond donors (Lipinski definition) is 1. The average Bonchev–Trinajstić information content (AvgIpc) is 3.54. The number of hydrogen-bond acceptors (Lipinski definition) is 3. The summed E-state index contributed by atoms with van der Waals surface area (Å²) in [4.78, 5) is 15.8. The summed E-state index contributed by atoms with van der Waals surface area (Å²) in [5.74, 6) is -5.87. The van der Waals surface area contributed by atoms with Crippen molar-refractivity contribution in [3.63, 3.8) is 0 Å². The molecule has 0 saturated carbocycles. The Labute approximate surface area is 274 Å². The fraction of sp³-hybridized carbons (Fsp3) is 0.286. The summed E-state index contributed by atoms with van der Waals surface area (Å²) in [6, 6.07) is 15.1. The maximum absolute atomic E-state index is 15.3. The highest BCUT2D eigenvalue weighted by Crippen LogP contribution is 2.39. The number of likely N-dealkylation sites (tertiary alicyclic amines) is 1. The van der Waals surface area contributed by atoms with Crippen LogP contribution in [0.2, 0.25) is 0 Å². The summed E-state index contributed by atoms with van der Waals surface area (Å²) < 4.78 is 144. The number of nitrogens with one attached hydrogen (secondary N) is 1. The van der Waals surface area contributed by atoms with Gasteiger partial charge in [-0.05, 0) is 85.1 Å². The Balaban J connectivity index is 1.74. The molecule has 0 aromatic heterocycles. The molecule has 1 unspecified atom stereocenters. The Morgan fingerprint density at radius 2 is 1.47 bits per heavy atom. The van der Waals surface area contributed by atoms with Crippen LogP contribution in [0.15, 0.2) is 84.9 Å². The van der Waals surface area contributed by atoms with Gasteiger partial charge in [0.15, 0.2) is 0 Å². The molecule has 4 nitrogen and oxygen atoms in total. The molecule has 1 aliphatic rings. The van der Waals surface area contributed by atoms with Crippen LogP contribution in [0.25, 0.3) is 0 Å². The van der Waals surface area contributed by atoms with E-state index in [4.69, 9.17) is 0 Å². The molecule has 1 aliphatic heterocycles. The van der Waals surface area contributed by atoms with Crippen molar-refractivity contribution in [1.82, 2.24) is 10.2 Å². The number of nitrogens with zero attached hydrogens (tertiary/aromatic N) is 1. The van der Waals surface area contributed by atoms with E-state index in [0.717, 1.165) is 37.1 Å². The number of carbonyl (C=O) groups excluding carboxylic acids is 1. The molecule has 1 fully saturated rings. The number of halogens is 10. The van der Waals surface area contributed by atoms with Crippen LogP contribution in [0, 0.1) is 17.5 Å². The van der Waals surface area contributed by atoms with Crippen molar-refractivity contribution in [2.24, 2.45) is 0 Å². The normalized spacial score (nSPS) is 15.3. The van der Waals surface area contributed by atoms with E-state index in [1.165, 1.54) is 12.1 Å². The van der Waals surface area contributed by atoms with Gasteiger partial charge in [0.05, 0.1) is 11.1 Å². The molecule has 1 amide bonds. The second-order valence-corrected chi connectivity index (χ2v) is 11.6. The molecule has 5 rings (SSSR count). The Kier molecular flexibility index (Phi) is 10.3. The molecule has 1 atom stereocenters. The third-order valence-corrected chi connectivity index (χ3v) is 8.18. The molecule has 0 radical (unpaired) electrons. The van der Waals surface area contributed by atoms with Crippen LogP contribution in [0.5, 0.6) is 5.75 Å². The standard InChI is InChI=1S/C35H28F10N2O2/c36-26-16-25(17-27(18-26)49-35(44,45)32(39)40)33(19-21-6-2-1-3-7-21,24-9-11-29(37)23(14-24)20-47-12-4-5-13-47)46-31(48)22-8-10-30(38)28(15-22)34(41,42)43/h1-3,6-11,14-18,32H,4-5,12-13,19-20H2,(H,46,48). The third-order valence-electron chi connectivity index (χ3n) is 8.18. The van der Waals surface area contributed by atoms with Crippen LogP contribution < -0.4 is 10.1 Å². The van der Waals surface area contributed by atoms with E-state index in [-0.39, 0.29) is 35.7 Å². The maximum Gasteiger partial charge on any atom is 0.461 e. The first-order valence-electron chi connectivity index (χ1n) is 15.0. The van der Waals surface area contributed by atoms with Crippen molar-refractivity contribution in [3.05, 3.63) is 136 Å². The monoisotopic (exact) mass is 698 g/mol. The van der Waals surface area contributed by atoms with Gasteiger partial charge in [-0.25, -0.2) is 13.2 Å². The smallest absolute Gasteiger partial charge is 0.428 e. The minimum atomic E-state index is -5.19. The number of alkyl halides is 7. The summed E-state index contributed by atoms with van der Waals surface area (Å²) in [6.07, 6.45) is -13.2. The molecule has 4 aromatic rings. The van der Waals surface area contributed by atoms with E-state index in [2.05, 4.69) is 10.1 Å².